The fourth-order valence-electron chi connectivity index (χ4n) is 0.832. The molecule has 0 spiro atoms. The number of carbonyl (C=O) groups is 1. The number of nitrogens with two attached hydrogens (primary N) is 1. The van der Waals surface area contributed by atoms with Gasteiger partial charge in [-0.15, -0.1) is 6.58 Å². The summed E-state index contributed by atoms with van der Waals surface area (Å²) in [5.41, 5.74) is 5.58. The van der Waals surface area contributed by atoms with E-state index in [-0.39, 0.29) is 18.0 Å². The fourth-order valence-corrected chi connectivity index (χ4v) is 0.832. The van der Waals surface area contributed by atoms with Gasteiger partial charge in [-0.2, -0.15) is 0 Å². The molecule has 0 aliphatic heterocycles. The highest BCUT2D eigenvalue weighted by molar-refractivity contribution is 5.81. The van der Waals surface area contributed by atoms with Crippen LogP contribution in [0.2, 0.25) is 0 Å². The Hall–Kier alpha value is -0.830. The Morgan fingerprint density at radius 2 is 2.33 bits per heavy atom. The lowest BCUT2D eigenvalue weighted by molar-refractivity contribution is -0.122. The molecule has 3 heteroatoms. The fraction of sp³-hybridized carbons (Fsp3) is 0.667. The van der Waals surface area contributed by atoms with Gasteiger partial charge in [-0.3, -0.25) is 4.79 Å². The molecule has 1 amide bonds. The highest BCUT2D eigenvalue weighted by Crippen LogP contribution is 1.94. The summed E-state index contributed by atoms with van der Waals surface area (Å²) < 4.78 is 0. The van der Waals surface area contributed by atoms with E-state index in [0.29, 0.717) is 0 Å². The Morgan fingerprint density at radius 3 is 2.75 bits per heavy atom. The van der Waals surface area contributed by atoms with Crippen molar-refractivity contribution in [2.75, 3.05) is 0 Å². The third-order valence-electron chi connectivity index (χ3n) is 1.66. The largest absolute Gasteiger partial charge is 0.349 e. The Morgan fingerprint density at radius 1 is 1.75 bits per heavy atom. The van der Waals surface area contributed by atoms with E-state index in [0.717, 1.165) is 12.8 Å². The van der Waals surface area contributed by atoms with E-state index in [1.54, 1.807) is 6.08 Å². The molecule has 3 nitrogen and oxygen atoms in total. The zero-order chi connectivity index (χ0) is 9.56. The van der Waals surface area contributed by atoms with E-state index < -0.39 is 0 Å². The number of hydrogen-bond donors (Lipinski definition) is 2. The number of nitrogens with one attached hydrogen (secondary N) is 1. The molecule has 0 radical (unpaired) electrons. The van der Waals surface area contributed by atoms with Crippen LogP contribution in [0.3, 0.4) is 0 Å². The summed E-state index contributed by atoms with van der Waals surface area (Å²) in [5, 5.41) is 2.73. The minimum Gasteiger partial charge on any atom is -0.349 e. The summed E-state index contributed by atoms with van der Waals surface area (Å²) >= 11 is 0. The summed E-state index contributed by atoms with van der Waals surface area (Å²) in [6.45, 7) is 7.43. The molecule has 70 valence electrons. The molecule has 0 bridgehead atoms. The first-order chi connectivity index (χ1) is 5.61. The molecule has 12 heavy (non-hydrogen) atoms. The molecule has 3 N–H and O–H groups in total. The predicted molar refractivity (Wildman–Crippen MR) is 50.7 cm³/mol. The number of rotatable bonds is 5. The summed E-state index contributed by atoms with van der Waals surface area (Å²) in [6.07, 6.45) is 3.34. The summed E-state index contributed by atoms with van der Waals surface area (Å²) in [5.74, 6) is -0.0933. The topological polar surface area (TPSA) is 55.1 Å². The van der Waals surface area contributed by atoms with Crippen molar-refractivity contribution in [3.05, 3.63) is 12.7 Å². The Bertz CT molecular complexity index is 157. The van der Waals surface area contributed by atoms with E-state index in [9.17, 15) is 4.79 Å². The van der Waals surface area contributed by atoms with Gasteiger partial charge in [0.2, 0.25) is 5.91 Å². The zero-order valence-corrected chi connectivity index (χ0v) is 7.84. The van der Waals surface area contributed by atoms with Crippen LogP contribution in [0.15, 0.2) is 12.7 Å². The van der Waals surface area contributed by atoms with E-state index in [1.807, 2.05) is 13.8 Å². The zero-order valence-electron chi connectivity index (χ0n) is 7.84. The van der Waals surface area contributed by atoms with Gasteiger partial charge in [0.05, 0.1) is 6.04 Å². The predicted octanol–water partition coefficient (Wildman–Crippen LogP) is 0.804. The lowest BCUT2D eigenvalue weighted by Crippen LogP contribution is -2.43. The number of carbonyl (C=O) groups excluding carboxylic acids is 1. The molecule has 0 rings (SSSR count). The average Bonchev–Trinajstić information content (AvgIpc) is 2.04. The molecule has 0 saturated carbocycles. The van der Waals surface area contributed by atoms with Crippen LogP contribution in [0.1, 0.15) is 26.7 Å². The van der Waals surface area contributed by atoms with E-state index in [1.165, 1.54) is 0 Å². The Kier molecular flexibility index (Phi) is 5.37. The standard InChI is InChI=1S/C9H18N2O/c1-4-6-8(10)9(12)11-7(3)5-2/h5,7-8H,2,4,6,10H2,1,3H3,(H,11,12)/t7?,8-/m1/s1. The van der Waals surface area contributed by atoms with Crippen molar-refractivity contribution in [2.45, 2.75) is 38.8 Å². The minimum absolute atomic E-state index is 0.000376. The molecule has 1 unspecified atom stereocenters. The first-order valence-electron chi connectivity index (χ1n) is 4.30. The van der Waals surface area contributed by atoms with E-state index in [4.69, 9.17) is 5.73 Å². The molecule has 0 aromatic rings. The van der Waals surface area contributed by atoms with Gasteiger partial charge in [0, 0.05) is 6.04 Å². The quantitative estimate of drug-likeness (QED) is 0.600. The van der Waals surface area contributed by atoms with Crippen molar-refractivity contribution in [1.29, 1.82) is 0 Å². The molecule has 0 heterocycles. The third kappa shape index (κ3) is 4.13. The van der Waals surface area contributed by atoms with Crippen molar-refractivity contribution in [2.24, 2.45) is 5.73 Å². The van der Waals surface area contributed by atoms with Gasteiger partial charge < -0.3 is 11.1 Å². The van der Waals surface area contributed by atoms with Crippen LogP contribution in [0, 0.1) is 0 Å². The van der Waals surface area contributed by atoms with Gasteiger partial charge in [0.25, 0.3) is 0 Å². The normalized spacial score (nSPS) is 14.9. The lowest BCUT2D eigenvalue weighted by Gasteiger charge is -2.13. The molecular formula is C9H18N2O. The van der Waals surface area contributed by atoms with Crippen LogP contribution >= 0.6 is 0 Å². The molecule has 0 aliphatic carbocycles. The molecule has 0 fully saturated rings. The van der Waals surface area contributed by atoms with Crippen molar-refractivity contribution in [3.8, 4) is 0 Å². The molecule has 0 aliphatic rings. The molecular weight excluding hydrogens is 152 g/mol. The first-order valence-corrected chi connectivity index (χ1v) is 4.30. The number of hydrogen-bond acceptors (Lipinski definition) is 2. The summed E-state index contributed by atoms with van der Waals surface area (Å²) in [7, 11) is 0. The van der Waals surface area contributed by atoms with Crippen LogP contribution in [0.25, 0.3) is 0 Å². The monoisotopic (exact) mass is 170 g/mol. The van der Waals surface area contributed by atoms with Gasteiger partial charge in [-0.05, 0) is 13.3 Å². The molecule has 0 aromatic heterocycles. The third-order valence-corrected chi connectivity index (χ3v) is 1.66. The maximum Gasteiger partial charge on any atom is 0.237 e. The van der Waals surface area contributed by atoms with Gasteiger partial charge >= 0.3 is 0 Å². The molecule has 0 aromatic carbocycles. The summed E-state index contributed by atoms with van der Waals surface area (Å²) in [4.78, 5) is 11.2. The highest BCUT2D eigenvalue weighted by atomic mass is 16.2. The minimum atomic E-state index is -0.377. The van der Waals surface area contributed by atoms with Crippen molar-refractivity contribution >= 4 is 5.91 Å². The van der Waals surface area contributed by atoms with Crippen molar-refractivity contribution in [3.63, 3.8) is 0 Å². The Labute approximate surface area is 74.0 Å². The second-order valence-corrected chi connectivity index (χ2v) is 2.93. The van der Waals surface area contributed by atoms with Crippen LogP contribution in [-0.2, 0) is 4.79 Å². The molecule has 0 saturated heterocycles. The second-order valence-electron chi connectivity index (χ2n) is 2.93. The SMILES string of the molecule is C=CC(C)NC(=O)[C@H](N)CCC. The van der Waals surface area contributed by atoms with Gasteiger partial charge in [0.1, 0.15) is 0 Å². The van der Waals surface area contributed by atoms with E-state index >= 15 is 0 Å². The van der Waals surface area contributed by atoms with Gasteiger partial charge in [-0.25, -0.2) is 0 Å². The molecule has 2 atom stereocenters. The average molecular weight is 170 g/mol. The Balaban J connectivity index is 3.78. The highest BCUT2D eigenvalue weighted by Gasteiger charge is 2.12. The van der Waals surface area contributed by atoms with Crippen molar-refractivity contribution < 1.29 is 4.79 Å². The van der Waals surface area contributed by atoms with Crippen molar-refractivity contribution in [1.82, 2.24) is 5.32 Å². The second kappa shape index (κ2) is 5.77. The number of amides is 1. The van der Waals surface area contributed by atoms with Crippen LogP contribution in [-0.4, -0.2) is 18.0 Å². The van der Waals surface area contributed by atoms with Crippen LogP contribution in [0.5, 0.6) is 0 Å². The smallest absolute Gasteiger partial charge is 0.237 e. The van der Waals surface area contributed by atoms with Gasteiger partial charge in [-0.1, -0.05) is 19.4 Å². The maximum atomic E-state index is 11.2. The van der Waals surface area contributed by atoms with E-state index in [2.05, 4.69) is 11.9 Å². The summed E-state index contributed by atoms with van der Waals surface area (Å²) in [6, 6.07) is -0.377. The first kappa shape index (κ1) is 11.2. The van der Waals surface area contributed by atoms with Crippen LogP contribution in [0.4, 0.5) is 0 Å². The maximum absolute atomic E-state index is 11.2. The van der Waals surface area contributed by atoms with Gasteiger partial charge in [0.15, 0.2) is 0 Å². The lowest BCUT2D eigenvalue weighted by atomic mass is 10.1. The van der Waals surface area contributed by atoms with Crippen LogP contribution < -0.4 is 11.1 Å².